The highest BCUT2D eigenvalue weighted by Crippen LogP contribution is 2.36. The fourth-order valence-corrected chi connectivity index (χ4v) is 4.48. The third kappa shape index (κ3) is 3.95. The van der Waals surface area contributed by atoms with Gasteiger partial charge in [0.25, 0.3) is 0 Å². The quantitative estimate of drug-likeness (QED) is 0.740. The van der Waals surface area contributed by atoms with Crippen molar-refractivity contribution in [2.45, 2.75) is 51.0 Å². The van der Waals surface area contributed by atoms with E-state index in [4.69, 9.17) is 14.2 Å². The van der Waals surface area contributed by atoms with E-state index in [1.807, 2.05) is 0 Å². The molecule has 2 fully saturated rings. The van der Waals surface area contributed by atoms with Gasteiger partial charge >= 0.3 is 5.97 Å². The van der Waals surface area contributed by atoms with Gasteiger partial charge in [0.15, 0.2) is 11.5 Å². The number of anilines is 1. The maximum atomic E-state index is 13.0. The third-order valence-corrected chi connectivity index (χ3v) is 6.07. The Morgan fingerprint density at radius 3 is 2.63 bits per heavy atom. The van der Waals surface area contributed by atoms with Gasteiger partial charge in [0.05, 0.1) is 12.5 Å². The van der Waals surface area contributed by atoms with Crippen LogP contribution in [-0.4, -0.2) is 49.7 Å². The minimum absolute atomic E-state index is 0.110. The van der Waals surface area contributed by atoms with E-state index in [1.165, 1.54) is 0 Å². The molecule has 1 saturated heterocycles. The molecule has 1 aromatic rings. The van der Waals surface area contributed by atoms with Gasteiger partial charge in [-0.3, -0.25) is 9.59 Å². The van der Waals surface area contributed by atoms with E-state index in [-0.39, 0.29) is 37.4 Å². The maximum absolute atomic E-state index is 13.0. The van der Waals surface area contributed by atoms with Gasteiger partial charge in [-0.25, -0.2) is 4.79 Å². The SMILES string of the molecule is CCOC(=O)C1(NC(=O)C2CC(=O)N(c3ccc4c(c3)OCCO4)C2)CCCCC1. The number of carbonyl (C=O) groups excluding carboxylic acids is 3. The summed E-state index contributed by atoms with van der Waals surface area (Å²) in [7, 11) is 0. The van der Waals surface area contributed by atoms with E-state index >= 15 is 0 Å². The molecule has 0 bridgehead atoms. The summed E-state index contributed by atoms with van der Waals surface area (Å²) >= 11 is 0. The van der Waals surface area contributed by atoms with Crippen LogP contribution in [0.4, 0.5) is 5.69 Å². The Kier molecular flexibility index (Phi) is 5.83. The number of carbonyl (C=O) groups is 3. The molecule has 2 aliphatic heterocycles. The molecule has 4 rings (SSSR count). The summed E-state index contributed by atoms with van der Waals surface area (Å²) in [4.78, 5) is 39.9. The highest BCUT2D eigenvalue weighted by Gasteiger charge is 2.45. The second kappa shape index (κ2) is 8.53. The number of hydrogen-bond donors (Lipinski definition) is 1. The molecule has 1 aromatic carbocycles. The summed E-state index contributed by atoms with van der Waals surface area (Å²) < 4.78 is 16.4. The number of fused-ring (bicyclic) bond motifs is 1. The van der Waals surface area contributed by atoms with Crippen molar-refractivity contribution in [3.8, 4) is 11.5 Å². The van der Waals surface area contributed by atoms with E-state index in [9.17, 15) is 14.4 Å². The molecule has 2 heterocycles. The number of rotatable bonds is 5. The molecular weight excluding hydrogens is 388 g/mol. The molecule has 0 aromatic heterocycles. The lowest BCUT2D eigenvalue weighted by Crippen LogP contribution is -2.57. The second-order valence-corrected chi connectivity index (χ2v) is 8.09. The Morgan fingerprint density at radius 1 is 1.17 bits per heavy atom. The van der Waals surface area contributed by atoms with Crippen LogP contribution in [-0.2, 0) is 19.1 Å². The molecule has 1 unspecified atom stereocenters. The number of ether oxygens (including phenoxy) is 3. The van der Waals surface area contributed by atoms with Crippen LogP contribution in [0.2, 0.25) is 0 Å². The lowest BCUT2D eigenvalue weighted by molar-refractivity contribution is -0.155. The summed E-state index contributed by atoms with van der Waals surface area (Å²) in [6.45, 7) is 3.27. The normalized spacial score (nSPS) is 22.5. The van der Waals surface area contributed by atoms with Crippen molar-refractivity contribution < 1.29 is 28.6 Å². The average Bonchev–Trinajstić information content (AvgIpc) is 3.16. The summed E-state index contributed by atoms with van der Waals surface area (Å²) in [5.74, 6) is -0.0217. The Morgan fingerprint density at radius 2 is 1.90 bits per heavy atom. The Labute approximate surface area is 175 Å². The van der Waals surface area contributed by atoms with Crippen molar-refractivity contribution in [1.82, 2.24) is 5.32 Å². The van der Waals surface area contributed by atoms with E-state index in [1.54, 1.807) is 30.0 Å². The molecule has 2 amide bonds. The summed E-state index contributed by atoms with van der Waals surface area (Å²) in [6.07, 6.45) is 4.03. The summed E-state index contributed by atoms with van der Waals surface area (Å²) in [6, 6.07) is 5.35. The van der Waals surface area contributed by atoms with E-state index < -0.39 is 11.5 Å². The number of nitrogens with zero attached hydrogens (tertiary/aromatic N) is 1. The highest BCUT2D eigenvalue weighted by atomic mass is 16.6. The molecule has 1 saturated carbocycles. The van der Waals surface area contributed by atoms with Gasteiger partial charge in [0, 0.05) is 24.7 Å². The summed E-state index contributed by atoms with van der Waals surface area (Å²) in [5, 5.41) is 2.96. The number of nitrogens with one attached hydrogen (secondary N) is 1. The zero-order valence-corrected chi connectivity index (χ0v) is 17.3. The monoisotopic (exact) mass is 416 g/mol. The van der Waals surface area contributed by atoms with Crippen LogP contribution in [0.15, 0.2) is 18.2 Å². The van der Waals surface area contributed by atoms with Crippen molar-refractivity contribution in [2.75, 3.05) is 31.3 Å². The summed E-state index contributed by atoms with van der Waals surface area (Å²) in [5.41, 5.74) is -0.295. The van der Waals surface area contributed by atoms with Gasteiger partial charge in [-0.1, -0.05) is 19.3 Å². The fraction of sp³-hybridized carbons (Fsp3) is 0.591. The molecule has 1 N–H and O–H groups in total. The third-order valence-electron chi connectivity index (χ3n) is 6.07. The van der Waals surface area contributed by atoms with Crippen LogP contribution in [0, 0.1) is 5.92 Å². The molecular formula is C22H28N2O6. The van der Waals surface area contributed by atoms with Gasteiger partial charge in [0.1, 0.15) is 18.8 Å². The van der Waals surface area contributed by atoms with Gasteiger partial charge in [-0.2, -0.15) is 0 Å². The molecule has 0 radical (unpaired) electrons. The van der Waals surface area contributed by atoms with Gasteiger partial charge < -0.3 is 24.4 Å². The molecule has 0 spiro atoms. The first kappa shape index (κ1) is 20.5. The van der Waals surface area contributed by atoms with Crippen molar-refractivity contribution in [3.63, 3.8) is 0 Å². The lowest BCUT2D eigenvalue weighted by atomic mass is 9.81. The Bertz CT molecular complexity index is 833. The van der Waals surface area contributed by atoms with E-state index in [2.05, 4.69) is 5.32 Å². The standard InChI is InChI=1S/C22H28N2O6/c1-2-28-21(27)22(8-4-3-5-9-22)23-20(26)15-12-19(25)24(14-15)16-6-7-17-18(13-16)30-11-10-29-17/h6-7,13,15H,2-5,8-12,14H2,1H3,(H,23,26). The molecule has 1 atom stereocenters. The minimum Gasteiger partial charge on any atom is -0.486 e. The predicted molar refractivity (Wildman–Crippen MR) is 108 cm³/mol. The van der Waals surface area contributed by atoms with Crippen molar-refractivity contribution in [3.05, 3.63) is 18.2 Å². The first-order valence-corrected chi connectivity index (χ1v) is 10.7. The van der Waals surface area contributed by atoms with Crippen LogP contribution in [0.25, 0.3) is 0 Å². The van der Waals surface area contributed by atoms with Crippen molar-refractivity contribution >= 4 is 23.5 Å². The minimum atomic E-state index is -0.973. The van der Waals surface area contributed by atoms with Crippen molar-refractivity contribution in [1.29, 1.82) is 0 Å². The molecule has 30 heavy (non-hydrogen) atoms. The highest BCUT2D eigenvalue weighted by molar-refractivity contribution is 6.01. The lowest BCUT2D eigenvalue weighted by Gasteiger charge is -2.36. The molecule has 162 valence electrons. The van der Waals surface area contributed by atoms with Crippen LogP contribution < -0.4 is 19.7 Å². The van der Waals surface area contributed by atoms with Crippen LogP contribution in [0.3, 0.4) is 0 Å². The molecule has 1 aliphatic carbocycles. The zero-order valence-electron chi connectivity index (χ0n) is 17.3. The number of benzene rings is 1. The van der Waals surface area contributed by atoms with Gasteiger partial charge in [-0.15, -0.1) is 0 Å². The Hall–Kier alpha value is -2.77. The number of esters is 1. The van der Waals surface area contributed by atoms with Gasteiger partial charge in [0.2, 0.25) is 11.8 Å². The topological polar surface area (TPSA) is 94.2 Å². The van der Waals surface area contributed by atoms with Crippen LogP contribution in [0.1, 0.15) is 45.4 Å². The maximum Gasteiger partial charge on any atom is 0.331 e. The molecule has 8 heteroatoms. The van der Waals surface area contributed by atoms with Crippen LogP contribution >= 0.6 is 0 Å². The van der Waals surface area contributed by atoms with Crippen LogP contribution in [0.5, 0.6) is 11.5 Å². The Balaban J connectivity index is 1.46. The molecule has 8 nitrogen and oxygen atoms in total. The zero-order chi connectivity index (χ0) is 21.1. The average molecular weight is 416 g/mol. The number of amides is 2. The first-order chi connectivity index (χ1) is 14.5. The molecule has 3 aliphatic rings. The second-order valence-electron chi connectivity index (χ2n) is 8.09. The smallest absolute Gasteiger partial charge is 0.331 e. The largest absolute Gasteiger partial charge is 0.486 e. The number of hydrogen-bond acceptors (Lipinski definition) is 6. The first-order valence-electron chi connectivity index (χ1n) is 10.7. The van der Waals surface area contributed by atoms with E-state index in [0.717, 1.165) is 19.3 Å². The van der Waals surface area contributed by atoms with Crippen molar-refractivity contribution in [2.24, 2.45) is 5.92 Å². The fourth-order valence-electron chi connectivity index (χ4n) is 4.48. The van der Waals surface area contributed by atoms with Gasteiger partial charge in [-0.05, 0) is 31.9 Å². The van der Waals surface area contributed by atoms with E-state index in [0.29, 0.717) is 43.2 Å². The predicted octanol–water partition coefficient (Wildman–Crippen LogP) is 2.19.